The first kappa shape index (κ1) is 37.4. The van der Waals surface area contributed by atoms with Crippen molar-refractivity contribution in [3.63, 3.8) is 0 Å². The minimum absolute atomic E-state index is 1.62. The number of hydrogen-bond donors (Lipinski definition) is 0. The fraction of sp³-hybridized carbons (Fsp3) is 0. The van der Waals surface area contributed by atoms with Crippen molar-refractivity contribution in [1.29, 1.82) is 5.26 Å². The molecule has 1 nitrogen and oxygen atoms in total. The first-order valence-corrected chi connectivity index (χ1v) is 11.8. The van der Waals surface area contributed by atoms with E-state index in [1.54, 1.807) is 6.07 Å². The van der Waals surface area contributed by atoms with Gasteiger partial charge in [-0.25, -0.2) is 0 Å². The van der Waals surface area contributed by atoms with Crippen molar-refractivity contribution < 1.29 is 0 Å². The molecule has 0 aliphatic carbocycles. The highest BCUT2D eigenvalue weighted by atomic mass is 14.2. The second-order valence-electron chi connectivity index (χ2n) is 5.76. The Morgan fingerprint density at radius 2 is 0.271 bits per heavy atom. The zero-order valence-electron chi connectivity index (χ0n) is 24.0. The average Bonchev–Trinajstić information content (AvgIpc) is 3.10. The van der Waals surface area contributed by atoms with Crippen molar-refractivity contribution in [2.24, 2.45) is 0 Å². The van der Waals surface area contributed by atoms with Crippen LogP contribution < -0.4 is 0 Å². The SMILES string of the molecule is C#CC#CC#CC#CC#CC#CC#CC#CC#CC#CC#CC#CC#CC#CC#CC#CC#CC#CC#CC#CC#CC#CC#CC#N. The van der Waals surface area contributed by atoms with Gasteiger partial charge in [0.25, 0.3) is 0 Å². The van der Waals surface area contributed by atoms with Crippen molar-refractivity contribution in [3.05, 3.63) is 0 Å². The number of rotatable bonds is 0. The molecule has 1 heteroatoms. The third-order valence-corrected chi connectivity index (χ3v) is 2.82. The summed E-state index contributed by atoms with van der Waals surface area (Å²) in [5.41, 5.74) is 0. The van der Waals surface area contributed by atoms with E-state index in [4.69, 9.17) is 11.7 Å². The molecule has 0 saturated heterocycles. The quantitative estimate of drug-likeness (QED) is 0.377. The van der Waals surface area contributed by atoms with Crippen LogP contribution >= 0.6 is 0 Å². The van der Waals surface area contributed by atoms with Gasteiger partial charge in [-0.3, -0.25) is 0 Å². The van der Waals surface area contributed by atoms with E-state index in [1.807, 2.05) is 0 Å². The molecule has 0 N–H and O–H groups in total. The van der Waals surface area contributed by atoms with Crippen LogP contribution in [0.2, 0.25) is 0 Å². The van der Waals surface area contributed by atoms with Crippen LogP contribution in [0.5, 0.6) is 0 Å². The molecule has 0 amide bonds. The maximum Gasteiger partial charge on any atom is 0.153 e. The maximum atomic E-state index is 8.18. The molecule has 0 heterocycles. The second-order valence-corrected chi connectivity index (χ2v) is 5.76. The zero-order chi connectivity index (χ0) is 34.5. The summed E-state index contributed by atoms with van der Waals surface area (Å²) in [7, 11) is 0. The van der Waals surface area contributed by atoms with Gasteiger partial charge in [0.05, 0.1) is 0 Å². The lowest BCUT2D eigenvalue weighted by molar-refractivity contribution is 1.55. The van der Waals surface area contributed by atoms with Gasteiger partial charge in [-0.15, -0.1) is 6.42 Å². The third-order valence-electron chi connectivity index (χ3n) is 2.82. The van der Waals surface area contributed by atoms with Crippen LogP contribution in [0.1, 0.15) is 0 Å². The normalized spacial score (nSPS) is 3.88. The van der Waals surface area contributed by atoms with Crippen molar-refractivity contribution >= 4 is 0 Å². The van der Waals surface area contributed by atoms with Crippen molar-refractivity contribution in [2.75, 3.05) is 0 Å². The molecular weight excluding hydrogens is 579 g/mol. The molecule has 0 aromatic heterocycles. The molecule has 0 atom stereocenters. The Balaban J connectivity index is 4.55. The van der Waals surface area contributed by atoms with Crippen LogP contribution in [0.3, 0.4) is 0 Å². The van der Waals surface area contributed by atoms with E-state index in [1.165, 1.54) is 0 Å². The van der Waals surface area contributed by atoms with Crippen LogP contribution in [0.25, 0.3) is 0 Å². The van der Waals surface area contributed by atoms with E-state index < -0.39 is 0 Å². The van der Waals surface area contributed by atoms with E-state index in [0.29, 0.717) is 0 Å². The van der Waals surface area contributed by atoms with Gasteiger partial charge >= 0.3 is 0 Å². The van der Waals surface area contributed by atoms with Crippen molar-refractivity contribution in [2.45, 2.75) is 0 Å². The van der Waals surface area contributed by atoms with Gasteiger partial charge in [0.1, 0.15) is 0 Å². The van der Waals surface area contributed by atoms with E-state index in [0.717, 1.165) is 0 Å². The summed E-state index contributed by atoms with van der Waals surface area (Å²) in [5, 5.41) is 8.18. The van der Waals surface area contributed by atoms with Crippen LogP contribution in [-0.4, -0.2) is 0 Å². The topological polar surface area (TPSA) is 23.8 Å². The molecule has 0 unspecified atom stereocenters. The number of nitriles is 1. The first-order chi connectivity index (χ1) is 23.9. The molecule has 0 spiro atoms. The highest BCUT2D eigenvalue weighted by molar-refractivity contribution is 5.50. The minimum Gasteiger partial charge on any atom is -0.183 e. The van der Waals surface area contributed by atoms with Gasteiger partial charge < -0.3 is 0 Å². The number of hydrogen-bond acceptors (Lipinski definition) is 1. The summed E-state index contributed by atoms with van der Waals surface area (Å²) in [6.45, 7) is 0. The molecule has 0 aromatic carbocycles. The van der Waals surface area contributed by atoms with Crippen molar-refractivity contribution in [1.82, 2.24) is 0 Å². The highest BCUT2D eigenvalue weighted by Crippen LogP contribution is 1.62. The Morgan fingerprint density at radius 1 is 0.167 bits per heavy atom. The minimum atomic E-state index is 1.62. The molecule has 0 fully saturated rings. The van der Waals surface area contributed by atoms with E-state index in [-0.39, 0.29) is 0 Å². The Labute approximate surface area is 283 Å². The van der Waals surface area contributed by atoms with Gasteiger partial charge in [-0.1, -0.05) is 0 Å². The van der Waals surface area contributed by atoms with Crippen LogP contribution in [-0.2, 0) is 0 Å². The lowest BCUT2D eigenvalue weighted by Gasteiger charge is -1.57. The summed E-state index contributed by atoms with van der Waals surface area (Å²) in [6.07, 6.45) is 4.93. The summed E-state index contributed by atoms with van der Waals surface area (Å²) in [6, 6.07) is 1.62. The Morgan fingerprint density at radius 3 is 0.375 bits per heavy atom. The van der Waals surface area contributed by atoms with Crippen LogP contribution in [0.15, 0.2) is 0 Å². The summed E-state index contributed by atoms with van der Waals surface area (Å²) in [5.74, 6) is 110. The summed E-state index contributed by atoms with van der Waals surface area (Å²) >= 11 is 0. The van der Waals surface area contributed by atoms with Gasteiger partial charge in [0.2, 0.25) is 0 Å². The summed E-state index contributed by atoms with van der Waals surface area (Å²) < 4.78 is 0. The maximum absolute atomic E-state index is 8.18. The third kappa shape index (κ3) is 35.4. The molecule has 48 heavy (non-hydrogen) atoms. The summed E-state index contributed by atoms with van der Waals surface area (Å²) in [4.78, 5) is 0. The standard InChI is InChI=1S/C47HN/c1-2-3-4-5-6-7-8-9-10-11-12-13-14-15-16-17-18-19-20-21-22-23-24-25-26-27-28-29-30-31-32-33-34-35-36-37-38-39-40-41-42-43-44-45-46-47-48/h1H. The molecule has 0 saturated carbocycles. The molecule has 194 valence electrons. The molecule has 0 bridgehead atoms. The van der Waals surface area contributed by atoms with E-state index >= 15 is 0 Å². The Kier molecular flexibility index (Phi) is 28.3. The average molecular weight is 580 g/mol. The van der Waals surface area contributed by atoms with Crippen molar-refractivity contribution in [3.8, 4) is 279 Å². The molecule has 0 radical (unpaired) electrons. The molecule has 0 aliphatic heterocycles. The monoisotopic (exact) mass is 579 g/mol. The fourth-order valence-electron chi connectivity index (χ4n) is 1.38. The second kappa shape index (κ2) is 36.4. The van der Waals surface area contributed by atoms with Gasteiger partial charge in [-0.2, -0.15) is 5.26 Å². The van der Waals surface area contributed by atoms with Crippen LogP contribution in [0, 0.1) is 284 Å². The largest absolute Gasteiger partial charge is 0.183 e. The molecule has 0 rings (SSSR count). The fourth-order valence-corrected chi connectivity index (χ4v) is 1.38. The van der Waals surface area contributed by atoms with Gasteiger partial charge in [-0.05, 0) is 47.4 Å². The van der Waals surface area contributed by atoms with E-state index in [9.17, 15) is 0 Å². The Bertz CT molecular complexity index is 2700. The number of nitrogens with zero attached hydrogens (tertiary/aromatic N) is 1. The van der Waals surface area contributed by atoms with Gasteiger partial charge in [0.15, 0.2) is 6.07 Å². The predicted octanol–water partition coefficient (Wildman–Crippen LogP) is 0.218. The van der Waals surface area contributed by atoms with E-state index in [2.05, 4.69) is 266 Å². The highest BCUT2D eigenvalue weighted by Gasteiger charge is 1.62. The molecule has 0 aromatic rings. The number of terminal acetylenes is 1. The molecule has 0 aliphatic rings. The smallest absolute Gasteiger partial charge is 0.153 e. The van der Waals surface area contributed by atoms with Crippen LogP contribution in [0.4, 0.5) is 0 Å². The predicted molar refractivity (Wildman–Crippen MR) is 186 cm³/mol. The first-order valence-electron chi connectivity index (χ1n) is 11.8. The zero-order valence-corrected chi connectivity index (χ0v) is 24.0. The molecular formula is C47HN. The lowest BCUT2D eigenvalue weighted by atomic mass is 10.4. The lowest BCUT2D eigenvalue weighted by Crippen LogP contribution is -1.57. The van der Waals surface area contributed by atoms with Gasteiger partial charge in [0, 0.05) is 219 Å². The Hall–Kier alpha value is -10.6.